The summed E-state index contributed by atoms with van der Waals surface area (Å²) in [5.74, 6) is 0.200. The van der Waals surface area contributed by atoms with E-state index in [9.17, 15) is 4.79 Å². The van der Waals surface area contributed by atoms with Gasteiger partial charge in [-0.2, -0.15) is 0 Å². The lowest BCUT2D eigenvalue weighted by molar-refractivity contribution is 0.0686. The Labute approximate surface area is 157 Å². The summed E-state index contributed by atoms with van der Waals surface area (Å²) >= 11 is 1.71. The van der Waals surface area contributed by atoms with Crippen LogP contribution >= 0.6 is 11.3 Å². The molecular weight excluding hydrogens is 344 g/mol. The second kappa shape index (κ2) is 7.31. The van der Waals surface area contributed by atoms with Crippen molar-refractivity contribution in [1.82, 2.24) is 19.8 Å². The Morgan fingerprint density at radius 2 is 2.04 bits per heavy atom. The summed E-state index contributed by atoms with van der Waals surface area (Å²) in [6, 6.07) is 7.89. The van der Waals surface area contributed by atoms with Crippen LogP contribution in [0.2, 0.25) is 0 Å². The van der Waals surface area contributed by atoms with E-state index in [-0.39, 0.29) is 11.8 Å². The summed E-state index contributed by atoms with van der Waals surface area (Å²) in [6.45, 7) is 8.76. The Balaban J connectivity index is 1.38. The third-order valence-corrected chi connectivity index (χ3v) is 6.06. The number of hydrogen-bond acceptors (Lipinski definition) is 5. The molecule has 3 aromatic rings. The molecule has 1 atom stereocenters. The van der Waals surface area contributed by atoms with Crippen molar-refractivity contribution in [2.24, 2.45) is 0 Å². The van der Waals surface area contributed by atoms with Gasteiger partial charge in [0.15, 0.2) is 5.78 Å². The van der Waals surface area contributed by atoms with Gasteiger partial charge in [0, 0.05) is 60.8 Å². The topological polar surface area (TPSA) is 52.2 Å². The van der Waals surface area contributed by atoms with Crippen molar-refractivity contribution < 1.29 is 4.79 Å². The largest absolute Gasteiger partial charge is 0.360 e. The summed E-state index contributed by atoms with van der Waals surface area (Å²) < 4.78 is 0. The standard InChI is InChI=1S/C20H24N4OS/c1-14(20(25)18-11-21-19-6-4-3-5-17(18)19)24-9-7-23(8-10-24)12-16-13-26-15(2)22-16/h3-6,11,13-14,21H,7-10,12H2,1-2H3/t14-/m1/s1. The van der Waals surface area contributed by atoms with Crippen molar-refractivity contribution in [1.29, 1.82) is 0 Å². The van der Waals surface area contributed by atoms with Crippen LogP contribution in [0.1, 0.15) is 28.0 Å². The molecule has 0 unspecified atom stereocenters. The minimum Gasteiger partial charge on any atom is -0.360 e. The van der Waals surface area contributed by atoms with Gasteiger partial charge in [0.05, 0.1) is 16.7 Å². The average Bonchev–Trinajstić information content (AvgIpc) is 3.27. The Morgan fingerprint density at radius 1 is 1.27 bits per heavy atom. The lowest BCUT2D eigenvalue weighted by Crippen LogP contribution is -2.51. The van der Waals surface area contributed by atoms with Crippen molar-refractivity contribution >= 4 is 28.0 Å². The van der Waals surface area contributed by atoms with E-state index in [0.717, 1.165) is 59.9 Å². The zero-order valence-corrected chi connectivity index (χ0v) is 16.1. The number of Topliss-reactive ketones (excluding diaryl/α,β-unsaturated/α-hetero) is 1. The van der Waals surface area contributed by atoms with Gasteiger partial charge in [0.25, 0.3) is 0 Å². The summed E-state index contributed by atoms with van der Waals surface area (Å²) in [4.78, 5) is 25.5. The number of carbonyl (C=O) groups excluding carboxylic acids is 1. The number of aryl methyl sites for hydroxylation is 1. The SMILES string of the molecule is Cc1nc(CN2CCN([C@H](C)C(=O)c3c[nH]c4ccccc34)CC2)cs1. The molecule has 0 aliphatic carbocycles. The van der Waals surface area contributed by atoms with Crippen LogP contribution in [-0.2, 0) is 6.54 Å². The number of hydrogen-bond donors (Lipinski definition) is 1. The van der Waals surface area contributed by atoms with Crippen molar-refractivity contribution in [3.05, 3.63) is 52.1 Å². The quantitative estimate of drug-likeness (QED) is 0.702. The first-order valence-corrected chi connectivity index (χ1v) is 9.97. The highest BCUT2D eigenvalue weighted by atomic mass is 32.1. The van der Waals surface area contributed by atoms with E-state index in [1.54, 1.807) is 11.3 Å². The van der Waals surface area contributed by atoms with E-state index >= 15 is 0 Å². The normalized spacial score (nSPS) is 17.6. The molecule has 1 aromatic carbocycles. The Morgan fingerprint density at radius 3 is 2.77 bits per heavy atom. The van der Waals surface area contributed by atoms with Crippen LogP contribution in [-0.4, -0.2) is 57.8 Å². The predicted octanol–water partition coefficient (Wildman–Crippen LogP) is 3.32. The van der Waals surface area contributed by atoms with Gasteiger partial charge in [-0.05, 0) is 19.9 Å². The number of aromatic amines is 1. The van der Waals surface area contributed by atoms with Crippen LogP contribution in [0, 0.1) is 6.92 Å². The molecule has 26 heavy (non-hydrogen) atoms. The molecule has 4 rings (SSSR count). The minimum absolute atomic E-state index is 0.0992. The van der Waals surface area contributed by atoms with Crippen molar-refractivity contribution in [2.75, 3.05) is 26.2 Å². The highest BCUT2D eigenvalue weighted by Gasteiger charge is 2.27. The summed E-state index contributed by atoms with van der Waals surface area (Å²) in [7, 11) is 0. The molecule has 136 valence electrons. The Hall–Kier alpha value is -2.02. The molecule has 6 heteroatoms. The molecule has 0 saturated carbocycles. The number of rotatable bonds is 5. The first-order chi connectivity index (χ1) is 12.6. The number of fused-ring (bicyclic) bond motifs is 1. The van der Waals surface area contributed by atoms with Crippen LogP contribution in [0.5, 0.6) is 0 Å². The number of H-pyrrole nitrogens is 1. The highest BCUT2D eigenvalue weighted by molar-refractivity contribution is 7.09. The number of benzene rings is 1. The number of ketones is 1. The fourth-order valence-corrected chi connectivity index (χ4v) is 4.29. The molecular formula is C20H24N4OS. The zero-order chi connectivity index (χ0) is 18.1. The van der Waals surface area contributed by atoms with E-state index in [1.807, 2.05) is 44.3 Å². The maximum atomic E-state index is 13.0. The highest BCUT2D eigenvalue weighted by Crippen LogP contribution is 2.21. The summed E-state index contributed by atoms with van der Waals surface area (Å²) in [6.07, 6.45) is 1.85. The monoisotopic (exact) mass is 368 g/mol. The van der Waals surface area contributed by atoms with E-state index < -0.39 is 0 Å². The summed E-state index contributed by atoms with van der Waals surface area (Å²) in [5.41, 5.74) is 2.98. The fourth-order valence-electron chi connectivity index (χ4n) is 3.68. The molecule has 5 nitrogen and oxygen atoms in total. The third-order valence-electron chi connectivity index (χ3n) is 5.24. The molecule has 2 aromatic heterocycles. The van der Waals surface area contributed by atoms with E-state index in [4.69, 9.17) is 0 Å². The van der Waals surface area contributed by atoms with Gasteiger partial charge in [0.1, 0.15) is 0 Å². The maximum absolute atomic E-state index is 13.0. The number of para-hydroxylation sites is 1. The molecule has 1 N–H and O–H groups in total. The number of carbonyl (C=O) groups is 1. The average molecular weight is 369 g/mol. The van der Waals surface area contributed by atoms with E-state index in [1.165, 1.54) is 0 Å². The molecule has 1 aliphatic rings. The lowest BCUT2D eigenvalue weighted by atomic mass is 10.0. The molecule has 0 bridgehead atoms. The second-order valence-corrected chi connectivity index (χ2v) is 8.02. The van der Waals surface area contributed by atoms with Crippen LogP contribution in [0.25, 0.3) is 10.9 Å². The molecule has 1 aliphatic heterocycles. The molecule has 3 heterocycles. The van der Waals surface area contributed by atoms with E-state index in [0.29, 0.717) is 0 Å². The molecule has 1 saturated heterocycles. The van der Waals surface area contributed by atoms with Gasteiger partial charge < -0.3 is 4.98 Å². The molecule has 0 spiro atoms. The van der Waals surface area contributed by atoms with Gasteiger partial charge in [-0.3, -0.25) is 14.6 Å². The smallest absolute Gasteiger partial charge is 0.181 e. The third kappa shape index (κ3) is 3.45. The van der Waals surface area contributed by atoms with Crippen LogP contribution in [0.3, 0.4) is 0 Å². The van der Waals surface area contributed by atoms with Crippen molar-refractivity contribution in [2.45, 2.75) is 26.4 Å². The number of nitrogens with one attached hydrogen (secondary N) is 1. The fraction of sp³-hybridized carbons (Fsp3) is 0.400. The lowest BCUT2D eigenvalue weighted by Gasteiger charge is -2.37. The van der Waals surface area contributed by atoms with E-state index in [2.05, 4.69) is 25.1 Å². The molecule has 1 fully saturated rings. The van der Waals surface area contributed by atoms with Gasteiger partial charge >= 0.3 is 0 Å². The number of piperazine rings is 1. The maximum Gasteiger partial charge on any atom is 0.181 e. The number of aromatic nitrogens is 2. The van der Waals surface area contributed by atoms with Crippen LogP contribution in [0.4, 0.5) is 0 Å². The second-order valence-electron chi connectivity index (χ2n) is 6.96. The Kier molecular flexibility index (Phi) is 4.89. The van der Waals surface area contributed by atoms with Gasteiger partial charge in [-0.1, -0.05) is 18.2 Å². The predicted molar refractivity (Wildman–Crippen MR) is 106 cm³/mol. The number of nitrogens with zero attached hydrogens (tertiary/aromatic N) is 3. The Bertz CT molecular complexity index is 907. The first kappa shape index (κ1) is 17.4. The van der Waals surface area contributed by atoms with Crippen molar-refractivity contribution in [3.8, 4) is 0 Å². The van der Waals surface area contributed by atoms with Crippen LogP contribution in [0.15, 0.2) is 35.8 Å². The molecule has 0 radical (unpaired) electrons. The van der Waals surface area contributed by atoms with Gasteiger partial charge in [-0.15, -0.1) is 11.3 Å². The van der Waals surface area contributed by atoms with Crippen LogP contribution < -0.4 is 0 Å². The minimum atomic E-state index is -0.0992. The van der Waals surface area contributed by atoms with Crippen molar-refractivity contribution in [3.63, 3.8) is 0 Å². The zero-order valence-electron chi connectivity index (χ0n) is 15.2. The number of thiazole rings is 1. The first-order valence-electron chi connectivity index (χ1n) is 9.09. The summed E-state index contributed by atoms with van der Waals surface area (Å²) in [5, 5.41) is 4.28. The molecule has 0 amide bonds. The van der Waals surface area contributed by atoms with Gasteiger partial charge in [-0.25, -0.2) is 4.98 Å². The van der Waals surface area contributed by atoms with Gasteiger partial charge in [0.2, 0.25) is 0 Å².